The maximum atomic E-state index is 12.5. The Morgan fingerprint density at radius 2 is 2.42 bits per heavy atom. The molecule has 2 N–H and O–H groups in total. The lowest BCUT2D eigenvalue weighted by Gasteiger charge is -2.34. The molecule has 0 radical (unpaired) electrons. The van der Waals surface area contributed by atoms with Crippen LogP contribution in [0.25, 0.3) is 0 Å². The molecule has 5 nitrogen and oxygen atoms in total. The minimum absolute atomic E-state index is 0.00930. The van der Waals surface area contributed by atoms with Crippen molar-refractivity contribution in [1.82, 2.24) is 9.88 Å². The average molecular weight is 281 g/mol. The summed E-state index contributed by atoms with van der Waals surface area (Å²) < 4.78 is 5.71. The van der Waals surface area contributed by atoms with Gasteiger partial charge in [0.15, 0.2) is 0 Å². The number of aromatic nitrogens is 1. The number of thiazole rings is 1. The molecule has 0 aromatic carbocycles. The molecule has 3 rings (SSSR count). The maximum Gasteiger partial charge on any atom is 0.227 e. The van der Waals surface area contributed by atoms with Crippen molar-refractivity contribution in [3.05, 3.63) is 16.6 Å². The van der Waals surface area contributed by atoms with E-state index < -0.39 is 0 Å². The lowest BCUT2D eigenvalue weighted by Crippen LogP contribution is -2.47. The summed E-state index contributed by atoms with van der Waals surface area (Å²) in [5.41, 5.74) is 6.03. The topological polar surface area (TPSA) is 68.5 Å². The monoisotopic (exact) mass is 281 g/mol. The van der Waals surface area contributed by atoms with Gasteiger partial charge in [0.1, 0.15) is 11.1 Å². The summed E-state index contributed by atoms with van der Waals surface area (Å²) in [5, 5.41) is 2.89. The molecule has 2 fully saturated rings. The van der Waals surface area contributed by atoms with Crippen molar-refractivity contribution in [2.75, 3.05) is 19.7 Å². The number of rotatable bonds is 2. The first-order valence-corrected chi connectivity index (χ1v) is 7.69. The summed E-state index contributed by atoms with van der Waals surface area (Å²) >= 11 is 1.58. The molecule has 2 heterocycles. The van der Waals surface area contributed by atoms with Gasteiger partial charge in [-0.1, -0.05) is 6.42 Å². The molecule has 1 saturated carbocycles. The zero-order chi connectivity index (χ0) is 13.2. The first-order valence-electron chi connectivity index (χ1n) is 6.81. The predicted molar refractivity (Wildman–Crippen MR) is 72.7 cm³/mol. The van der Waals surface area contributed by atoms with Crippen molar-refractivity contribution in [1.29, 1.82) is 0 Å². The van der Waals surface area contributed by atoms with E-state index in [1.165, 1.54) is 0 Å². The smallest absolute Gasteiger partial charge is 0.227 e. The summed E-state index contributed by atoms with van der Waals surface area (Å²) in [6.07, 6.45) is 4.67. The highest BCUT2D eigenvalue weighted by Crippen LogP contribution is 2.29. The molecule has 1 aromatic heterocycles. The molecular formula is C13H19N3O2S. The molecule has 0 unspecified atom stereocenters. The van der Waals surface area contributed by atoms with Gasteiger partial charge in [0.05, 0.1) is 19.1 Å². The minimum atomic E-state index is -0.0738. The number of amides is 1. The van der Waals surface area contributed by atoms with Crippen molar-refractivity contribution in [3.63, 3.8) is 0 Å². The van der Waals surface area contributed by atoms with Crippen LogP contribution in [0.2, 0.25) is 0 Å². The third-order valence-corrected chi connectivity index (χ3v) is 4.86. The molecule has 1 aliphatic heterocycles. The Kier molecular flexibility index (Phi) is 3.81. The summed E-state index contributed by atoms with van der Waals surface area (Å²) in [6.45, 7) is 1.86. The number of nitrogens with zero attached hydrogens (tertiary/aromatic N) is 2. The van der Waals surface area contributed by atoms with E-state index in [1.54, 1.807) is 17.5 Å². The van der Waals surface area contributed by atoms with E-state index in [9.17, 15) is 4.79 Å². The number of hydrogen-bond donors (Lipinski definition) is 1. The zero-order valence-corrected chi connectivity index (χ0v) is 11.6. The molecule has 1 aromatic rings. The fourth-order valence-corrected chi connectivity index (χ4v) is 3.60. The van der Waals surface area contributed by atoms with Crippen LogP contribution in [0.4, 0.5) is 0 Å². The number of carbonyl (C=O) groups excluding carboxylic acids is 1. The minimum Gasteiger partial charge on any atom is -0.367 e. The fraction of sp³-hybridized carbons (Fsp3) is 0.692. The summed E-state index contributed by atoms with van der Waals surface area (Å²) in [5.74, 6) is 0.213. The Balaban J connectivity index is 1.66. The van der Waals surface area contributed by atoms with Gasteiger partial charge in [-0.2, -0.15) is 0 Å². The maximum absolute atomic E-state index is 12.5. The Morgan fingerprint density at radius 1 is 1.53 bits per heavy atom. The van der Waals surface area contributed by atoms with E-state index in [2.05, 4.69) is 4.98 Å². The standard InChI is InChI=1S/C13H19N3O2S/c14-10-3-1-2-9(10)13(17)16-5-6-18-11(8-16)12-15-4-7-19-12/h4,7,9-11H,1-3,5-6,8,14H2/t9-,10-,11-/m1/s1. The Labute approximate surface area is 116 Å². The van der Waals surface area contributed by atoms with Gasteiger partial charge in [0.2, 0.25) is 5.91 Å². The molecule has 0 bridgehead atoms. The molecule has 3 atom stereocenters. The summed E-state index contributed by atoms with van der Waals surface area (Å²) in [4.78, 5) is 18.7. The SMILES string of the molecule is N[C@@H]1CCC[C@H]1C(=O)N1CCO[C@@H](c2nccs2)C1. The number of hydrogen-bond acceptors (Lipinski definition) is 5. The second-order valence-electron chi connectivity index (χ2n) is 5.22. The number of morpholine rings is 1. The van der Waals surface area contributed by atoms with Gasteiger partial charge in [-0.3, -0.25) is 4.79 Å². The van der Waals surface area contributed by atoms with Crippen molar-refractivity contribution in [2.45, 2.75) is 31.4 Å². The number of carbonyl (C=O) groups is 1. The second-order valence-corrected chi connectivity index (χ2v) is 6.14. The molecule has 1 saturated heterocycles. The van der Waals surface area contributed by atoms with Gasteiger partial charge in [0.25, 0.3) is 0 Å². The highest BCUT2D eigenvalue weighted by molar-refractivity contribution is 7.09. The summed E-state index contributed by atoms with van der Waals surface area (Å²) in [7, 11) is 0. The van der Waals surface area contributed by atoms with Crippen molar-refractivity contribution in [3.8, 4) is 0 Å². The number of ether oxygens (including phenoxy) is 1. The Bertz CT molecular complexity index is 437. The van der Waals surface area contributed by atoms with Gasteiger partial charge in [-0.25, -0.2) is 4.98 Å². The van der Waals surface area contributed by atoms with Crippen LogP contribution in [-0.2, 0) is 9.53 Å². The Morgan fingerprint density at radius 3 is 3.11 bits per heavy atom. The van der Waals surface area contributed by atoms with Crippen LogP contribution in [0.15, 0.2) is 11.6 Å². The van der Waals surface area contributed by atoms with Crippen LogP contribution in [0, 0.1) is 5.92 Å². The average Bonchev–Trinajstić information content (AvgIpc) is 3.09. The van der Waals surface area contributed by atoms with Crippen LogP contribution < -0.4 is 5.73 Å². The normalized spacial score (nSPS) is 31.6. The molecule has 104 valence electrons. The van der Waals surface area contributed by atoms with E-state index in [0.29, 0.717) is 19.7 Å². The van der Waals surface area contributed by atoms with Crippen LogP contribution in [0.1, 0.15) is 30.4 Å². The van der Waals surface area contributed by atoms with Crippen molar-refractivity contribution < 1.29 is 9.53 Å². The van der Waals surface area contributed by atoms with Crippen LogP contribution >= 0.6 is 11.3 Å². The van der Waals surface area contributed by atoms with E-state index in [4.69, 9.17) is 10.5 Å². The molecular weight excluding hydrogens is 262 g/mol. The zero-order valence-electron chi connectivity index (χ0n) is 10.8. The third kappa shape index (κ3) is 2.66. The van der Waals surface area contributed by atoms with Crippen LogP contribution in [0.5, 0.6) is 0 Å². The third-order valence-electron chi connectivity index (χ3n) is 3.99. The van der Waals surface area contributed by atoms with Crippen LogP contribution in [0.3, 0.4) is 0 Å². The van der Waals surface area contributed by atoms with Gasteiger partial charge < -0.3 is 15.4 Å². The quantitative estimate of drug-likeness (QED) is 0.883. The largest absolute Gasteiger partial charge is 0.367 e. The number of nitrogens with two attached hydrogens (primary N) is 1. The van der Waals surface area contributed by atoms with Gasteiger partial charge >= 0.3 is 0 Å². The molecule has 19 heavy (non-hydrogen) atoms. The van der Waals surface area contributed by atoms with Crippen molar-refractivity contribution in [2.24, 2.45) is 11.7 Å². The first-order chi connectivity index (χ1) is 9.25. The fourth-order valence-electron chi connectivity index (χ4n) is 2.92. The second kappa shape index (κ2) is 5.56. The van der Waals surface area contributed by atoms with Crippen LogP contribution in [-0.4, -0.2) is 41.5 Å². The van der Waals surface area contributed by atoms with E-state index >= 15 is 0 Å². The van der Waals surface area contributed by atoms with E-state index in [0.717, 1.165) is 24.3 Å². The molecule has 1 aliphatic carbocycles. The summed E-state index contributed by atoms with van der Waals surface area (Å²) in [6, 6.07) is 0.0358. The van der Waals surface area contributed by atoms with Gasteiger partial charge in [0, 0.05) is 24.2 Å². The van der Waals surface area contributed by atoms with Crippen molar-refractivity contribution >= 4 is 17.2 Å². The lowest BCUT2D eigenvalue weighted by molar-refractivity contribution is -0.143. The molecule has 1 amide bonds. The van der Waals surface area contributed by atoms with E-state index in [-0.39, 0.29) is 24.0 Å². The Hall–Kier alpha value is -0.980. The predicted octanol–water partition coefficient (Wildman–Crippen LogP) is 1.17. The first kappa shape index (κ1) is 13.0. The molecule has 2 aliphatic rings. The molecule has 6 heteroatoms. The molecule has 0 spiro atoms. The van der Waals surface area contributed by atoms with Gasteiger partial charge in [-0.15, -0.1) is 11.3 Å². The lowest BCUT2D eigenvalue weighted by atomic mass is 10.0. The van der Waals surface area contributed by atoms with E-state index in [1.807, 2.05) is 10.3 Å². The highest BCUT2D eigenvalue weighted by atomic mass is 32.1. The highest BCUT2D eigenvalue weighted by Gasteiger charge is 2.36. The van der Waals surface area contributed by atoms with Gasteiger partial charge in [-0.05, 0) is 12.8 Å².